The summed E-state index contributed by atoms with van der Waals surface area (Å²) in [5, 5.41) is 0. The van der Waals surface area contributed by atoms with Crippen molar-refractivity contribution in [3.05, 3.63) is 0 Å². The Labute approximate surface area is 223 Å². The molecule has 5 rings (SSSR count). The number of halogens is 9. The van der Waals surface area contributed by atoms with Gasteiger partial charge in [-0.15, -0.1) is 0 Å². The van der Waals surface area contributed by atoms with Crippen LogP contribution in [0.3, 0.4) is 0 Å². The van der Waals surface area contributed by atoms with E-state index < -0.39 is 72.2 Å². The predicted octanol–water partition coefficient (Wildman–Crippen LogP) is 8.65. The molecular weight excluding hydrogens is 539 g/mol. The molecule has 12 unspecified atom stereocenters. The van der Waals surface area contributed by atoms with Gasteiger partial charge in [-0.2, -0.15) is 26.3 Å². The quantitative estimate of drug-likeness (QED) is 0.136. The summed E-state index contributed by atoms with van der Waals surface area (Å²) in [5.41, 5.74) is -10.3. The summed E-state index contributed by atoms with van der Waals surface area (Å²) in [5.74, 6) is -11.3. The Morgan fingerprint density at radius 1 is 0.769 bits per heavy atom. The molecule has 0 N–H and O–H groups in total. The maximum Gasteiger partial charge on any atom is 0.409 e. The highest BCUT2D eigenvalue weighted by atomic mass is 19.4. The monoisotopic (exact) mass is 578 g/mol. The van der Waals surface area contributed by atoms with Gasteiger partial charge in [0.15, 0.2) is 0 Å². The SMILES string of the molecule is CC1CCC(C(C)C)C(OOCC(C(F)(F)F)(C(F)(F)F)C2(F)C3CC(C4C5CC(C(C)C5C)C43)C2(F)F)C1. The van der Waals surface area contributed by atoms with Crippen molar-refractivity contribution < 1.29 is 49.3 Å². The summed E-state index contributed by atoms with van der Waals surface area (Å²) >= 11 is 0. The zero-order valence-electron chi connectivity index (χ0n) is 22.9. The van der Waals surface area contributed by atoms with Crippen LogP contribution in [0.1, 0.15) is 66.7 Å². The van der Waals surface area contributed by atoms with Crippen LogP contribution in [-0.2, 0) is 9.78 Å². The minimum atomic E-state index is -6.40. The molecule has 0 heterocycles. The molecule has 0 radical (unpaired) electrons. The normalized spacial score (nSPS) is 47.3. The highest BCUT2D eigenvalue weighted by Gasteiger charge is 2.94. The minimum absolute atomic E-state index is 0.00242. The van der Waals surface area contributed by atoms with E-state index in [0.717, 1.165) is 6.42 Å². The van der Waals surface area contributed by atoms with Gasteiger partial charge in [0.25, 0.3) is 5.92 Å². The Morgan fingerprint density at radius 2 is 1.31 bits per heavy atom. The van der Waals surface area contributed by atoms with Crippen molar-refractivity contribution in [1.29, 1.82) is 0 Å². The smallest absolute Gasteiger partial charge is 0.235 e. The van der Waals surface area contributed by atoms with Crippen molar-refractivity contribution >= 4 is 0 Å². The molecule has 5 saturated carbocycles. The molecule has 11 heteroatoms. The van der Waals surface area contributed by atoms with Crippen LogP contribution < -0.4 is 0 Å². The third-order valence-electron chi connectivity index (χ3n) is 12.1. The first-order valence-corrected chi connectivity index (χ1v) is 14.3. The fraction of sp³-hybridized carbons (Fsp3) is 1.00. The van der Waals surface area contributed by atoms with Crippen molar-refractivity contribution in [2.75, 3.05) is 6.61 Å². The molecule has 5 fully saturated rings. The van der Waals surface area contributed by atoms with Gasteiger partial charge in [0, 0.05) is 11.8 Å². The molecule has 5 aliphatic carbocycles. The zero-order chi connectivity index (χ0) is 29.1. The second-order valence-corrected chi connectivity index (χ2v) is 13.8. The maximum atomic E-state index is 17.0. The van der Waals surface area contributed by atoms with E-state index >= 15 is 13.2 Å². The highest BCUT2D eigenvalue weighted by molar-refractivity contribution is 5.30. The predicted molar refractivity (Wildman–Crippen MR) is 124 cm³/mol. The first kappa shape index (κ1) is 29.8. The molecule has 0 aromatic heterocycles. The molecule has 0 aromatic carbocycles. The van der Waals surface area contributed by atoms with Gasteiger partial charge in [-0.05, 0) is 78.9 Å². The van der Waals surface area contributed by atoms with E-state index in [1.807, 2.05) is 34.6 Å². The summed E-state index contributed by atoms with van der Waals surface area (Å²) in [6, 6.07) is 0. The van der Waals surface area contributed by atoms with E-state index in [2.05, 4.69) is 0 Å². The van der Waals surface area contributed by atoms with Crippen molar-refractivity contribution in [3.8, 4) is 0 Å². The molecule has 12 atom stereocenters. The van der Waals surface area contributed by atoms with E-state index in [0.29, 0.717) is 19.3 Å². The van der Waals surface area contributed by atoms with Crippen LogP contribution in [0.25, 0.3) is 0 Å². The lowest BCUT2D eigenvalue weighted by atomic mass is 9.54. The van der Waals surface area contributed by atoms with Gasteiger partial charge in [0.05, 0.1) is 6.10 Å². The second kappa shape index (κ2) is 9.14. The van der Waals surface area contributed by atoms with E-state index in [1.165, 1.54) is 0 Å². The van der Waals surface area contributed by atoms with Gasteiger partial charge in [-0.25, -0.2) is 22.9 Å². The molecule has 4 bridgehead atoms. The van der Waals surface area contributed by atoms with Crippen LogP contribution in [0.15, 0.2) is 0 Å². The van der Waals surface area contributed by atoms with Crippen LogP contribution in [0, 0.1) is 70.5 Å². The largest absolute Gasteiger partial charge is 0.409 e. The Kier molecular flexibility index (Phi) is 6.98. The number of fused-ring (bicyclic) bond motifs is 9. The van der Waals surface area contributed by atoms with Gasteiger partial charge < -0.3 is 0 Å². The Morgan fingerprint density at radius 3 is 1.82 bits per heavy atom. The topological polar surface area (TPSA) is 18.5 Å². The maximum absolute atomic E-state index is 17.0. The fourth-order valence-electron chi connectivity index (χ4n) is 10.0. The van der Waals surface area contributed by atoms with Crippen molar-refractivity contribution in [3.63, 3.8) is 0 Å². The number of rotatable bonds is 6. The number of hydrogen-bond acceptors (Lipinski definition) is 2. The fourth-order valence-corrected chi connectivity index (χ4v) is 10.0. The first-order valence-electron chi connectivity index (χ1n) is 14.3. The van der Waals surface area contributed by atoms with Gasteiger partial charge in [-0.3, -0.25) is 0 Å². The Hall–Kier alpha value is -0.710. The van der Waals surface area contributed by atoms with Crippen molar-refractivity contribution in [2.45, 2.75) is 96.8 Å². The minimum Gasteiger partial charge on any atom is -0.235 e. The van der Waals surface area contributed by atoms with Crippen LogP contribution >= 0.6 is 0 Å². The molecule has 0 saturated heterocycles. The first-order chi connectivity index (χ1) is 17.8. The molecule has 0 aliphatic heterocycles. The average molecular weight is 579 g/mol. The summed E-state index contributed by atoms with van der Waals surface area (Å²) in [6.07, 6.45) is -12.1. The number of alkyl halides is 9. The van der Waals surface area contributed by atoms with Crippen LogP contribution in [0.4, 0.5) is 39.5 Å². The van der Waals surface area contributed by atoms with Gasteiger partial charge in [-0.1, -0.05) is 41.0 Å². The van der Waals surface area contributed by atoms with Gasteiger partial charge in [0.1, 0.15) is 6.61 Å². The summed E-state index contributed by atoms with van der Waals surface area (Å²) in [4.78, 5) is 9.88. The Balaban J connectivity index is 1.52. The lowest BCUT2D eigenvalue weighted by Crippen LogP contribution is -2.74. The standard InChI is InChI=1S/C28H39F9O2/c1-12(2)16-7-6-13(3)8-21(16)39-38-11-24(27(32,33)34,28(35,36)37)25(29)19-10-20(26(25,30)31)23-18-9-17(22(19)23)14(4)15(18)5/h12-23H,6-11H2,1-5H3. The molecular formula is C28H39F9O2. The van der Waals surface area contributed by atoms with Crippen LogP contribution in [0.2, 0.25) is 0 Å². The van der Waals surface area contributed by atoms with E-state index in [1.54, 1.807) is 0 Å². The van der Waals surface area contributed by atoms with E-state index in [-0.39, 0.29) is 41.4 Å². The number of hydrogen-bond donors (Lipinski definition) is 0. The molecule has 2 nitrogen and oxygen atoms in total. The average Bonchev–Trinajstić information content (AvgIpc) is 3.49. The van der Waals surface area contributed by atoms with Crippen molar-refractivity contribution in [1.82, 2.24) is 0 Å². The lowest BCUT2D eigenvalue weighted by Gasteiger charge is -2.55. The molecule has 0 spiro atoms. The lowest BCUT2D eigenvalue weighted by molar-refractivity contribution is -0.456. The molecule has 39 heavy (non-hydrogen) atoms. The summed E-state index contributed by atoms with van der Waals surface area (Å²) in [6.45, 7) is 6.91. The van der Waals surface area contributed by atoms with E-state index in [4.69, 9.17) is 9.78 Å². The van der Waals surface area contributed by atoms with Crippen LogP contribution in [-0.4, -0.2) is 36.7 Å². The second-order valence-electron chi connectivity index (χ2n) is 13.8. The van der Waals surface area contributed by atoms with Gasteiger partial charge in [0.2, 0.25) is 11.1 Å². The third kappa shape index (κ3) is 3.75. The van der Waals surface area contributed by atoms with E-state index in [9.17, 15) is 26.3 Å². The molecule has 0 amide bonds. The molecule has 0 aromatic rings. The summed E-state index contributed by atoms with van der Waals surface area (Å²) < 4.78 is 137. The van der Waals surface area contributed by atoms with Crippen molar-refractivity contribution in [2.24, 2.45) is 70.5 Å². The highest BCUT2D eigenvalue weighted by Crippen LogP contribution is 2.81. The van der Waals surface area contributed by atoms with Crippen LogP contribution in [0.5, 0.6) is 0 Å². The van der Waals surface area contributed by atoms with Gasteiger partial charge >= 0.3 is 12.4 Å². The molecule has 5 aliphatic rings. The Bertz CT molecular complexity index is 919. The molecule has 226 valence electrons. The zero-order valence-corrected chi connectivity index (χ0v) is 22.9. The third-order valence-corrected chi connectivity index (χ3v) is 12.1. The summed E-state index contributed by atoms with van der Waals surface area (Å²) in [7, 11) is 0.